The van der Waals surface area contributed by atoms with Gasteiger partial charge in [-0.05, 0) is 40.5 Å². The van der Waals surface area contributed by atoms with Crippen molar-refractivity contribution in [2.75, 3.05) is 19.0 Å². The van der Waals surface area contributed by atoms with Crippen LogP contribution in [0.15, 0.2) is 0 Å². The minimum Gasteiger partial charge on any atom is -0.318 e. The third kappa shape index (κ3) is 6.66. The second-order valence-corrected chi connectivity index (χ2v) is 11.2. The lowest BCUT2D eigenvalue weighted by Gasteiger charge is -2.30. The second-order valence-electron chi connectivity index (χ2n) is 6.04. The van der Waals surface area contributed by atoms with E-state index in [2.05, 4.69) is 32.6 Å². The number of rotatable bonds is 8. The summed E-state index contributed by atoms with van der Waals surface area (Å²) in [6, 6.07) is 1.07. The summed E-state index contributed by atoms with van der Waals surface area (Å²) in [4.78, 5) is 2.43. The second kappa shape index (κ2) is 8.07. The molecule has 0 aromatic carbocycles. The van der Waals surface area contributed by atoms with Crippen molar-refractivity contribution in [3.05, 3.63) is 0 Å². The highest BCUT2D eigenvalue weighted by Gasteiger charge is 2.25. The molecule has 0 bridgehead atoms. The molecule has 0 saturated heterocycles. The summed E-state index contributed by atoms with van der Waals surface area (Å²) in [5.41, 5.74) is 0. The van der Waals surface area contributed by atoms with Crippen LogP contribution in [0.2, 0.25) is 0 Å². The first-order valence-electron chi connectivity index (χ1n) is 7.48. The fraction of sp³-hybridized carbons (Fsp3) is 1.00. The maximum atomic E-state index is 12.4. The molecule has 5 heteroatoms. The largest absolute Gasteiger partial charge is 0.318 e. The van der Waals surface area contributed by atoms with E-state index in [1.165, 1.54) is 24.2 Å². The molecule has 0 amide bonds. The van der Waals surface area contributed by atoms with E-state index >= 15 is 0 Å². The average Bonchev–Trinajstić information content (AvgIpc) is 2.75. The molecule has 1 fully saturated rings. The molecule has 114 valence electrons. The Morgan fingerprint density at radius 2 is 1.74 bits per heavy atom. The number of hydrogen-bond donors (Lipinski definition) is 0. The lowest BCUT2D eigenvalue weighted by molar-refractivity contribution is 0.187. The molecule has 0 aromatic rings. The van der Waals surface area contributed by atoms with Gasteiger partial charge in [0.25, 0.3) is 6.57 Å². The molecule has 1 aliphatic carbocycles. The molecule has 1 aliphatic rings. The Labute approximate surface area is 123 Å². The zero-order chi connectivity index (χ0) is 14.5. The first kappa shape index (κ1) is 17.6. The van der Waals surface area contributed by atoms with Crippen LogP contribution in [-0.4, -0.2) is 42.0 Å². The van der Waals surface area contributed by atoms with Crippen LogP contribution >= 0.6 is 18.0 Å². The van der Waals surface area contributed by atoms with Crippen LogP contribution < -0.4 is 0 Å². The molecule has 1 atom stereocenters. The normalized spacial score (nSPS) is 20.6. The Morgan fingerprint density at radius 3 is 2.21 bits per heavy atom. The summed E-state index contributed by atoms with van der Waals surface area (Å²) in [6.45, 7) is 9.15. The van der Waals surface area contributed by atoms with Crippen molar-refractivity contribution in [3.63, 3.8) is 0 Å². The topological polar surface area (TPSA) is 29.5 Å². The van der Waals surface area contributed by atoms with Crippen molar-refractivity contribution in [2.24, 2.45) is 0 Å². The summed E-state index contributed by atoms with van der Waals surface area (Å²) in [5, 5.41) is 0. The van der Waals surface area contributed by atoms with Gasteiger partial charge >= 0.3 is 0 Å². The zero-order valence-electron chi connectivity index (χ0n) is 13.1. The highest BCUT2D eigenvalue weighted by atomic mass is 32.7. The van der Waals surface area contributed by atoms with E-state index in [0.29, 0.717) is 12.1 Å². The van der Waals surface area contributed by atoms with E-state index in [1.807, 2.05) is 0 Å². The molecular weight excluding hydrogens is 277 g/mol. The fourth-order valence-corrected chi connectivity index (χ4v) is 5.94. The Hall–Kier alpha value is 0.500. The minimum atomic E-state index is -2.47. The molecule has 0 aromatic heterocycles. The minimum absolute atomic E-state index is 0.245. The molecular formula is C14H30NO2PS. The van der Waals surface area contributed by atoms with Crippen molar-refractivity contribution in [1.82, 2.24) is 4.90 Å². The predicted octanol–water partition coefficient (Wildman–Crippen LogP) is 4.62. The van der Waals surface area contributed by atoms with Crippen LogP contribution in [0.1, 0.15) is 53.4 Å². The summed E-state index contributed by atoms with van der Waals surface area (Å²) in [5.74, 6) is 0.886. The first-order valence-corrected chi connectivity index (χ1v) is 11.1. The van der Waals surface area contributed by atoms with Crippen molar-refractivity contribution in [3.8, 4) is 0 Å². The van der Waals surface area contributed by atoms with Crippen molar-refractivity contribution >= 4 is 18.0 Å². The van der Waals surface area contributed by atoms with Gasteiger partial charge in [0, 0.05) is 31.0 Å². The van der Waals surface area contributed by atoms with E-state index in [4.69, 9.17) is 4.52 Å². The Balaban J connectivity index is 2.31. The van der Waals surface area contributed by atoms with Crippen molar-refractivity contribution in [1.29, 1.82) is 0 Å². The van der Waals surface area contributed by atoms with Gasteiger partial charge in [0.2, 0.25) is 0 Å². The quantitative estimate of drug-likeness (QED) is 0.612. The van der Waals surface area contributed by atoms with Crippen molar-refractivity contribution < 1.29 is 9.09 Å². The highest BCUT2D eigenvalue weighted by molar-refractivity contribution is 8.56. The van der Waals surface area contributed by atoms with Gasteiger partial charge in [-0.2, -0.15) is 0 Å². The van der Waals surface area contributed by atoms with E-state index in [-0.39, 0.29) is 6.10 Å². The van der Waals surface area contributed by atoms with E-state index in [9.17, 15) is 4.57 Å². The lowest BCUT2D eigenvalue weighted by atomic mass is 10.2. The molecule has 1 rings (SSSR count). The summed E-state index contributed by atoms with van der Waals surface area (Å²) >= 11 is 1.52. The Morgan fingerprint density at radius 1 is 1.21 bits per heavy atom. The summed E-state index contributed by atoms with van der Waals surface area (Å²) in [6.07, 6.45) is 4.87. The van der Waals surface area contributed by atoms with Gasteiger partial charge in [-0.15, -0.1) is 0 Å². The zero-order valence-corrected chi connectivity index (χ0v) is 14.8. The van der Waals surface area contributed by atoms with Gasteiger partial charge in [-0.3, -0.25) is 9.46 Å². The predicted molar refractivity (Wildman–Crippen MR) is 86.3 cm³/mol. The van der Waals surface area contributed by atoms with Gasteiger partial charge in [0.1, 0.15) is 0 Å². The van der Waals surface area contributed by atoms with Gasteiger partial charge in [-0.25, -0.2) is 0 Å². The van der Waals surface area contributed by atoms with Gasteiger partial charge in [0.15, 0.2) is 0 Å². The number of nitrogens with zero attached hydrogens (tertiary/aromatic N) is 1. The van der Waals surface area contributed by atoms with Crippen LogP contribution in [0.4, 0.5) is 0 Å². The fourth-order valence-electron chi connectivity index (χ4n) is 2.72. The molecule has 0 radical (unpaired) electrons. The summed E-state index contributed by atoms with van der Waals surface area (Å²) in [7, 11) is 0. The molecule has 19 heavy (non-hydrogen) atoms. The molecule has 3 nitrogen and oxygen atoms in total. The lowest BCUT2D eigenvalue weighted by Crippen LogP contribution is -2.38. The SMILES string of the molecule is CC(C)N(CCS[P@@](C)(=O)OC1CCCC1)C(C)C. The standard InChI is InChI=1S/C14H30NO2PS/c1-12(2)15(13(3)4)10-11-19-18(5,16)17-14-8-6-7-9-14/h12-14H,6-11H2,1-5H3/t18-/m0/s1. The molecule has 0 N–H and O–H groups in total. The summed E-state index contributed by atoms with van der Waals surface area (Å²) < 4.78 is 18.2. The van der Waals surface area contributed by atoms with E-state index in [0.717, 1.165) is 25.1 Å². The molecule has 1 saturated carbocycles. The maximum Gasteiger partial charge on any atom is 0.255 e. The monoisotopic (exact) mass is 307 g/mol. The van der Waals surface area contributed by atoms with Crippen LogP contribution in [-0.2, 0) is 9.09 Å². The van der Waals surface area contributed by atoms with Gasteiger partial charge in [-0.1, -0.05) is 24.2 Å². The van der Waals surface area contributed by atoms with Gasteiger partial charge in [0.05, 0.1) is 6.10 Å². The molecule has 0 aliphatic heterocycles. The third-order valence-electron chi connectivity index (χ3n) is 3.64. The first-order chi connectivity index (χ1) is 8.82. The number of hydrogen-bond acceptors (Lipinski definition) is 4. The molecule has 0 spiro atoms. The Bertz CT molecular complexity index is 296. The van der Waals surface area contributed by atoms with Crippen LogP contribution in [0, 0.1) is 0 Å². The maximum absolute atomic E-state index is 12.4. The van der Waals surface area contributed by atoms with Crippen LogP contribution in [0.5, 0.6) is 0 Å². The molecule has 0 heterocycles. The van der Waals surface area contributed by atoms with Crippen molar-refractivity contribution in [2.45, 2.75) is 71.6 Å². The smallest absolute Gasteiger partial charge is 0.255 e. The Kier molecular flexibility index (Phi) is 7.45. The third-order valence-corrected chi connectivity index (χ3v) is 7.37. The van der Waals surface area contributed by atoms with Gasteiger partial charge < -0.3 is 4.52 Å². The average molecular weight is 307 g/mol. The van der Waals surface area contributed by atoms with Crippen LogP contribution in [0.3, 0.4) is 0 Å². The van der Waals surface area contributed by atoms with E-state index < -0.39 is 6.57 Å². The molecule has 0 unspecified atom stereocenters. The highest BCUT2D eigenvalue weighted by Crippen LogP contribution is 2.58. The van der Waals surface area contributed by atoms with E-state index in [1.54, 1.807) is 6.66 Å². The van der Waals surface area contributed by atoms with Crippen LogP contribution in [0.25, 0.3) is 0 Å².